The van der Waals surface area contributed by atoms with Crippen molar-refractivity contribution >= 4 is 21.4 Å². The Morgan fingerprint density at radius 1 is 1.24 bits per heavy atom. The van der Waals surface area contributed by atoms with Crippen LogP contribution in [0.3, 0.4) is 0 Å². The van der Waals surface area contributed by atoms with Crippen LogP contribution >= 0.6 is 11.3 Å². The van der Waals surface area contributed by atoms with Crippen LogP contribution in [0.4, 0.5) is 0 Å². The van der Waals surface area contributed by atoms with Gasteiger partial charge in [0.05, 0.1) is 11.7 Å². The van der Waals surface area contributed by atoms with Crippen LogP contribution in [-0.4, -0.2) is 14.1 Å². The van der Waals surface area contributed by atoms with Gasteiger partial charge in [-0.3, -0.25) is 4.79 Å². The van der Waals surface area contributed by atoms with Crippen LogP contribution in [0.1, 0.15) is 0 Å². The van der Waals surface area contributed by atoms with Crippen molar-refractivity contribution in [3.63, 3.8) is 0 Å². The van der Waals surface area contributed by atoms with Gasteiger partial charge in [0.15, 0.2) is 0 Å². The maximum absolute atomic E-state index is 12.1. The molecule has 0 unspecified atom stereocenters. The summed E-state index contributed by atoms with van der Waals surface area (Å²) in [4.78, 5) is 16.1. The molecule has 3 aromatic heterocycles. The summed E-state index contributed by atoms with van der Waals surface area (Å²) in [6, 6.07) is 3.88. The molecule has 0 aliphatic carbocycles. The first-order valence-electron chi connectivity index (χ1n) is 5.37. The van der Waals surface area contributed by atoms with Crippen LogP contribution in [0.5, 0.6) is 0 Å². The van der Waals surface area contributed by atoms with Gasteiger partial charge in [0.1, 0.15) is 0 Å². The summed E-state index contributed by atoms with van der Waals surface area (Å²) >= 11 is 1.60. The maximum Gasteiger partial charge on any atom is 0.259 e. The van der Waals surface area contributed by atoms with E-state index in [4.69, 9.17) is 0 Å². The Hall–Kier alpha value is -1.88. The Balaban J connectivity index is 1.90. The predicted octanol–water partition coefficient (Wildman–Crippen LogP) is 1.96. The van der Waals surface area contributed by atoms with E-state index in [-0.39, 0.29) is 5.56 Å². The third-order valence-electron chi connectivity index (χ3n) is 2.75. The zero-order chi connectivity index (χ0) is 11.7. The van der Waals surface area contributed by atoms with Crippen molar-refractivity contribution in [1.29, 1.82) is 0 Å². The molecule has 0 saturated heterocycles. The lowest BCUT2D eigenvalue weighted by molar-refractivity contribution is 0.568. The second-order valence-electron chi connectivity index (χ2n) is 3.81. The summed E-state index contributed by atoms with van der Waals surface area (Å²) in [6.45, 7) is 1.43. The Kier molecular flexibility index (Phi) is 2.53. The van der Waals surface area contributed by atoms with Crippen molar-refractivity contribution in [3.05, 3.63) is 52.8 Å². The van der Waals surface area contributed by atoms with E-state index in [1.807, 2.05) is 34.5 Å². The Morgan fingerprint density at radius 3 is 3.00 bits per heavy atom. The standard InChI is InChI=1S/C12H11N3OS/c16-12-10-2-8-17-11(10)1-4-15(12)7-6-14-5-3-13-9-14/h1-5,8-9H,6-7H2. The van der Waals surface area contributed by atoms with E-state index in [0.717, 1.165) is 16.6 Å². The number of nitrogens with zero attached hydrogens (tertiary/aromatic N) is 3. The molecule has 0 fully saturated rings. The largest absolute Gasteiger partial charge is 0.336 e. The Bertz CT molecular complexity index is 681. The first-order valence-corrected chi connectivity index (χ1v) is 6.25. The van der Waals surface area contributed by atoms with Crippen LogP contribution in [0.15, 0.2) is 47.2 Å². The molecule has 4 nitrogen and oxygen atoms in total. The van der Waals surface area contributed by atoms with Crippen molar-refractivity contribution in [2.24, 2.45) is 0 Å². The van der Waals surface area contributed by atoms with E-state index >= 15 is 0 Å². The highest BCUT2D eigenvalue weighted by Gasteiger charge is 2.03. The molecule has 0 aromatic carbocycles. The fourth-order valence-electron chi connectivity index (χ4n) is 1.83. The second kappa shape index (κ2) is 4.18. The second-order valence-corrected chi connectivity index (χ2v) is 4.76. The number of aryl methyl sites for hydroxylation is 2. The van der Waals surface area contributed by atoms with Gasteiger partial charge in [-0.1, -0.05) is 0 Å². The summed E-state index contributed by atoms with van der Waals surface area (Å²) in [5.74, 6) is 0. The molecule has 0 spiro atoms. The molecule has 0 saturated carbocycles. The van der Waals surface area contributed by atoms with Gasteiger partial charge in [-0.2, -0.15) is 0 Å². The molecule has 3 rings (SSSR count). The van der Waals surface area contributed by atoms with Gasteiger partial charge in [-0.05, 0) is 17.5 Å². The molecule has 3 heterocycles. The van der Waals surface area contributed by atoms with Gasteiger partial charge in [-0.15, -0.1) is 11.3 Å². The molecule has 0 radical (unpaired) electrons. The number of rotatable bonds is 3. The van der Waals surface area contributed by atoms with E-state index in [0.29, 0.717) is 6.54 Å². The molecule has 0 atom stereocenters. The highest BCUT2D eigenvalue weighted by molar-refractivity contribution is 7.17. The van der Waals surface area contributed by atoms with Crippen molar-refractivity contribution in [3.8, 4) is 0 Å². The summed E-state index contributed by atoms with van der Waals surface area (Å²) in [5.41, 5.74) is 0.0869. The van der Waals surface area contributed by atoms with Gasteiger partial charge >= 0.3 is 0 Å². The minimum atomic E-state index is 0.0869. The first kappa shape index (κ1) is 10.3. The zero-order valence-electron chi connectivity index (χ0n) is 9.11. The van der Waals surface area contributed by atoms with Gasteiger partial charge in [0, 0.05) is 36.4 Å². The average molecular weight is 245 g/mol. The number of hydrogen-bond donors (Lipinski definition) is 0. The fraction of sp³-hybridized carbons (Fsp3) is 0.167. The quantitative estimate of drug-likeness (QED) is 0.707. The van der Waals surface area contributed by atoms with Gasteiger partial charge in [-0.25, -0.2) is 4.98 Å². The molecule has 0 N–H and O–H groups in total. The number of imidazole rings is 1. The number of pyridine rings is 1. The predicted molar refractivity (Wildman–Crippen MR) is 68.3 cm³/mol. The molecule has 0 aliphatic rings. The van der Waals surface area contributed by atoms with Crippen molar-refractivity contribution < 1.29 is 0 Å². The third-order valence-corrected chi connectivity index (χ3v) is 3.63. The van der Waals surface area contributed by atoms with Gasteiger partial charge in [0.2, 0.25) is 0 Å². The Morgan fingerprint density at radius 2 is 2.18 bits per heavy atom. The minimum absolute atomic E-state index is 0.0869. The molecule has 0 bridgehead atoms. The lowest BCUT2D eigenvalue weighted by Gasteiger charge is -2.06. The summed E-state index contributed by atoms with van der Waals surface area (Å²) in [6.07, 6.45) is 7.26. The minimum Gasteiger partial charge on any atom is -0.336 e. The van der Waals surface area contributed by atoms with Gasteiger partial charge in [0.25, 0.3) is 5.56 Å². The number of fused-ring (bicyclic) bond motifs is 1. The highest BCUT2D eigenvalue weighted by Crippen LogP contribution is 2.16. The number of thiophene rings is 1. The Labute approximate surface area is 102 Å². The average Bonchev–Trinajstić information content (AvgIpc) is 2.99. The smallest absolute Gasteiger partial charge is 0.259 e. The highest BCUT2D eigenvalue weighted by atomic mass is 32.1. The van der Waals surface area contributed by atoms with Crippen LogP contribution in [0.2, 0.25) is 0 Å². The summed E-state index contributed by atoms with van der Waals surface area (Å²) in [7, 11) is 0. The van der Waals surface area contributed by atoms with Crippen molar-refractivity contribution in [1.82, 2.24) is 14.1 Å². The monoisotopic (exact) mass is 245 g/mol. The molecule has 3 aromatic rings. The first-order chi connectivity index (χ1) is 8.34. The van der Waals surface area contributed by atoms with Crippen molar-refractivity contribution in [2.45, 2.75) is 13.1 Å². The van der Waals surface area contributed by atoms with Gasteiger partial charge < -0.3 is 9.13 Å². The number of hydrogen-bond acceptors (Lipinski definition) is 3. The molecular weight excluding hydrogens is 234 g/mol. The van der Waals surface area contributed by atoms with Crippen LogP contribution in [0.25, 0.3) is 10.1 Å². The molecule has 0 aliphatic heterocycles. The SMILES string of the molecule is O=c1c2ccsc2ccn1CCn1ccnc1. The molecule has 86 valence electrons. The van der Waals surface area contributed by atoms with Crippen LogP contribution in [0, 0.1) is 0 Å². The topological polar surface area (TPSA) is 39.8 Å². The van der Waals surface area contributed by atoms with Crippen LogP contribution in [-0.2, 0) is 13.1 Å². The normalized spacial score (nSPS) is 11.1. The van der Waals surface area contributed by atoms with Crippen molar-refractivity contribution in [2.75, 3.05) is 0 Å². The summed E-state index contributed by atoms with van der Waals surface area (Å²) < 4.78 is 4.76. The van der Waals surface area contributed by atoms with E-state index in [1.54, 1.807) is 28.4 Å². The van der Waals surface area contributed by atoms with E-state index in [1.165, 1.54) is 0 Å². The molecule has 5 heteroatoms. The zero-order valence-corrected chi connectivity index (χ0v) is 9.93. The number of aromatic nitrogens is 3. The van der Waals surface area contributed by atoms with E-state index in [2.05, 4.69) is 4.98 Å². The van der Waals surface area contributed by atoms with Crippen LogP contribution < -0.4 is 5.56 Å². The summed E-state index contributed by atoms with van der Waals surface area (Å²) in [5, 5.41) is 2.76. The third kappa shape index (κ3) is 1.89. The van der Waals surface area contributed by atoms with E-state index in [9.17, 15) is 4.79 Å². The lowest BCUT2D eigenvalue weighted by Crippen LogP contribution is -2.21. The fourth-order valence-corrected chi connectivity index (χ4v) is 2.60. The molecule has 17 heavy (non-hydrogen) atoms. The maximum atomic E-state index is 12.1. The molecular formula is C12H11N3OS. The lowest BCUT2D eigenvalue weighted by atomic mass is 10.3. The van der Waals surface area contributed by atoms with E-state index < -0.39 is 0 Å². The molecule has 0 amide bonds.